The van der Waals surface area contributed by atoms with Gasteiger partial charge in [0.1, 0.15) is 12.4 Å². The third kappa shape index (κ3) is 2.78. The fourth-order valence-corrected chi connectivity index (χ4v) is 1.64. The topological polar surface area (TPSA) is 33.0 Å². The number of rotatable bonds is 4. The molecule has 0 aliphatic heterocycles. The number of nitriles is 1. The summed E-state index contributed by atoms with van der Waals surface area (Å²) in [6, 6.07) is 17.4. The van der Waals surface area contributed by atoms with Crippen LogP contribution in [-0.4, -0.2) is 0 Å². The Balaban J connectivity index is 2.15. The summed E-state index contributed by atoms with van der Waals surface area (Å²) >= 11 is 0. The first-order chi connectivity index (χ1) is 8.83. The van der Waals surface area contributed by atoms with Crippen LogP contribution in [0, 0.1) is 11.3 Å². The molecule has 0 spiro atoms. The van der Waals surface area contributed by atoms with E-state index in [0.717, 1.165) is 16.9 Å². The molecule has 0 saturated heterocycles. The van der Waals surface area contributed by atoms with Gasteiger partial charge in [-0.2, -0.15) is 5.26 Å². The van der Waals surface area contributed by atoms with Crippen LogP contribution >= 0.6 is 0 Å². The molecule has 0 fully saturated rings. The highest BCUT2D eigenvalue weighted by molar-refractivity contribution is 5.58. The van der Waals surface area contributed by atoms with Crippen LogP contribution in [0.2, 0.25) is 0 Å². The lowest BCUT2D eigenvalue weighted by Gasteiger charge is -2.09. The Kier molecular flexibility index (Phi) is 3.78. The smallest absolute Gasteiger partial charge is 0.127 e. The lowest BCUT2D eigenvalue weighted by molar-refractivity contribution is 0.305. The molecule has 0 aromatic heterocycles. The highest BCUT2D eigenvalue weighted by Crippen LogP contribution is 2.22. The summed E-state index contributed by atoms with van der Waals surface area (Å²) in [6.07, 6.45) is 1.70. The molecule has 2 aromatic rings. The standard InChI is InChI=1S/C16H13NO/c1-2-15-10-14(11-17)8-9-16(15)18-12-13-6-4-3-5-7-13/h2-10H,1,12H2. The van der Waals surface area contributed by atoms with Crippen LogP contribution in [0.3, 0.4) is 0 Å². The second-order valence-corrected chi connectivity index (χ2v) is 3.84. The van der Waals surface area contributed by atoms with E-state index >= 15 is 0 Å². The summed E-state index contributed by atoms with van der Waals surface area (Å²) in [6.45, 7) is 4.24. The lowest BCUT2D eigenvalue weighted by Crippen LogP contribution is -1.97. The first-order valence-electron chi connectivity index (χ1n) is 5.67. The minimum atomic E-state index is 0.508. The molecule has 0 heterocycles. The second kappa shape index (κ2) is 5.70. The van der Waals surface area contributed by atoms with Crippen molar-refractivity contribution in [3.63, 3.8) is 0 Å². The van der Waals surface area contributed by atoms with Crippen LogP contribution in [0.5, 0.6) is 5.75 Å². The van der Waals surface area contributed by atoms with Crippen molar-refractivity contribution in [2.45, 2.75) is 6.61 Å². The van der Waals surface area contributed by atoms with Crippen molar-refractivity contribution < 1.29 is 4.74 Å². The van der Waals surface area contributed by atoms with Crippen LogP contribution < -0.4 is 4.74 Å². The van der Waals surface area contributed by atoms with E-state index in [0.29, 0.717) is 12.2 Å². The van der Waals surface area contributed by atoms with Gasteiger partial charge in [0.15, 0.2) is 0 Å². The molecular formula is C16H13NO. The summed E-state index contributed by atoms with van der Waals surface area (Å²) in [5.41, 5.74) is 2.55. The molecule has 2 nitrogen and oxygen atoms in total. The van der Waals surface area contributed by atoms with Crippen molar-refractivity contribution in [3.8, 4) is 11.8 Å². The molecule has 0 aliphatic rings. The Bertz CT molecular complexity index is 582. The summed E-state index contributed by atoms with van der Waals surface area (Å²) in [4.78, 5) is 0. The molecule has 0 atom stereocenters. The summed E-state index contributed by atoms with van der Waals surface area (Å²) in [7, 11) is 0. The van der Waals surface area contributed by atoms with Crippen molar-refractivity contribution in [2.75, 3.05) is 0 Å². The average Bonchev–Trinajstić information content (AvgIpc) is 2.46. The molecule has 2 heteroatoms. The zero-order chi connectivity index (χ0) is 12.8. The van der Waals surface area contributed by atoms with E-state index in [1.54, 1.807) is 24.3 Å². The molecule has 0 aliphatic carbocycles. The Morgan fingerprint density at radius 1 is 1.17 bits per heavy atom. The van der Waals surface area contributed by atoms with Crippen molar-refractivity contribution >= 4 is 6.08 Å². The van der Waals surface area contributed by atoms with Gasteiger partial charge in [-0.3, -0.25) is 0 Å². The predicted molar refractivity (Wildman–Crippen MR) is 72.0 cm³/mol. The van der Waals surface area contributed by atoms with E-state index in [4.69, 9.17) is 10.00 Å². The molecule has 0 unspecified atom stereocenters. The van der Waals surface area contributed by atoms with E-state index in [1.165, 1.54) is 0 Å². The highest BCUT2D eigenvalue weighted by Gasteiger charge is 2.02. The van der Waals surface area contributed by atoms with Crippen LogP contribution in [0.1, 0.15) is 16.7 Å². The van der Waals surface area contributed by atoms with Gasteiger partial charge in [0.25, 0.3) is 0 Å². The summed E-state index contributed by atoms with van der Waals surface area (Å²) < 4.78 is 5.73. The fraction of sp³-hybridized carbons (Fsp3) is 0.0625. The summed E-state index contributed by atoms with van der Waals surface area (Å²) in [5.74, 6) is 0.743. The quantitative estimate of drug-likeness (QED) is 0.807. The van der Waals surface area contributed by atoms with Crippen molar-refractivity contribution in [3.05, 3.63) is 71.8 Å². The fourth-order valence-electron chi connectivity index (χ4n) is 1.64. The normalized spacial score (nSPS) is 9.50. The van der Waals surface area contributed by atoms with Gasteiger partial charge in [0.2, 0.25) is 0 Å². The third-order valence-electron chi connectivity index (χ3n) is 2.60. The first kappa shape index (κ1) is 11.9. The summed E-state index contributed by atoms with van der Waals surface area (Å²) in [5, 5.41) is 8.83. The second-order valence-electron chi connectivity index (χ2n) is 3.84. The minimum absolute atomic E-state index is 0.508. The van der Waals surface area contributed by atoms with Crippen LogP contribution in [-0.2, 0) is 6.61 Å². The molecular weight excluding hydrogens is 222 g/mol. The number of hydrogen-bond donors (Lipinski definition) is 0. The maximum absolute atomic E-state index is 8.83. The van der Waals surface area contributed by atoms with Crippen LogP contribution in [0.4, 0.5) is 0 Å². The molecule has 0 amide bonds. The Morgan fingerprint density at radius 3 is 2.61 bits per heavy atom. The van der Waals surface area contributed by atoms with Crippen LogP contribution in [0.15, 0.2) is 55.1 Å². The molecule has 0 N–H and O–H groups in total. The lowest BCUT2D eigenvalue weighted by atomic mass is 10.1. The van der Waals surface area contributed by atoms with Crippen LogP contribution in [0.25, 0.3) is 6.08 Å². The third-order valence-corrected chi connectivity index (χ3v) is 2.60. The van der Waals surface area contributed by atoms with Gasteiger partial charge in [-0.1, -0.05) is 43.0 Å². The zero-order valence-corrected chi connectivity index (χ0v) is 9.97. The van der Waals surface area contributed by atoms with Crippen molar-refractivity contribution in [2.24, 2.45) is 0 Å². The molecule has 0 bridgehead atoms. The molecule has 2 rings (SSSR count). The largest absolute Gasteiger partial charge is 0.488 e. The number of nitrogens with zero attached hydrogens (tertiary/aromatic N) is 1. The molecule has 0 radical (unpaired) electrons. The number of benzene rings is 2. The Morgan fingerprint density at radius 2 is 1.94 bits per heavy atom. The van der Waals surface area contributed by atoms with Gasteiger partial charge >= 0.3 is 0 Å². The SMILES string of the molecule is C=Cc1cc(C#N)ccc1OCc1ccccc1. The van der Waals surface area contributed by atoms with E-state index < -0.39 is 0 Å². The van der Waals surface area contributed by atoms with Gasteiger partial charge in [0.05, 0.1) is 11.6 Å². The van der Waals surface area contributed by atoms with Gasteiger partial charge in [-0.05, 0) is 23.8 Å². The maximum Gasteiger partial charge on any atom is 0.127 e. The van der Waals surface area contributed by atoms with E-state index in [2.05, 4.69) is 12.6 Å². The number of hydrogen-bond acceptors (Lipinski definition) is 2. The predicted octanol–water partition coefficient (Wildman–Crippen LogP) is 3.78. The molecule has 0 saturated carbocycles. The Hall–Kier alpha value is -2.53. The van der Waals surface area contributed by atoms with Gasteiger partial charge in [0, 0.05) is 5.56 Å². The minimum Gasteiger partial charge on any atom is -0.488 e. The van der Waals surface area contributed by atoms with Gasteiger partial charge < -0.3 is 4.74 Å². The van der Waals surface area contributed by atoms with E-state index in [9.17, 15) is 0 Å². The van der Waals surface area contributed by atoms with Gasteiger partial charge in [-0.15, -0.1) is 0 Å². The maximum atomic E-state index is 8.83. The van der Waals surface area contributed by atoms with E-state index in [-0.39, 0.29) is 0 Å². The molecule has 18 heavy (non-hydrogen) atoms. The zero-order valence-electron chi connectivity index (χ0n) is 9.97. The molecule has 2 aromatic carbocycles. The average molecular weight is 235 g/mol. The Labute approximate surface area is 107 Å². The van der Waals surface area contributed by atoms with E-state index in [1.807, 2.05) is 30.3 Å². The monoisotopic (exact) mass is 235 g/mol. The van der Waals surface area contributed by atoms with Gasteiger partial charge in [-0.25, -0.2) is 0 Å². The molecule has 88 valence electrons. The first-order valence-corrected chi connectivity index (χ1v) is 5.67. The van der Waals surface area contributed by atoms with Crippen molar-refractivity contribution in [1.82, 2.24) is 0 Å². The van der Waals surface area contributed by atoms with Crippen molar-refractivity contribution in [1.29, 1.82) is 5.26 Å². The highest BCUT2D eigenvalue weighted by atomic mass is 16.5. The number of ether oxygens (including phenoxy) is 1.